The number of carbonyl (C=O) groups is 3. The smallest absolute Gasteiger partial charge is 0.472 e. The van der Waals surface area contributed by atoms with Crippen LogP contribution in [0.15, 0.2) is 60.8 Å². The minimum absolute atomic E-state index is 0.137. The Labute approximate surface area is 300 Å². The predicted octanol–water partition coefficient (Wildman–Crippen LogP) is 8.44. The molecule has 12 heteroatoms. The Morgan fingerprint density at radius 2 is 1.16 bits per heavy atom. The van der Waals surface area contributed by atoms with Gasteiger partial charge in [-0.1, -0.05) is 120 Å². The molecule has 286 valence electrons. The third-order valence-corrected chi connectivity index (χ3v) is 8.27. The summed E-state index contributed by atoms with van der Waals surface area (Å²) in [7, 11) is -4.74. The number of amides is 1. The summed E-state index contributed by atoms with van der Waals surface area (Å²) in [5.41, 5.74) is 0. The van der Waals surface area contributed by atoms with Crippen molar-refractivity contribution in [3.8, 4) is 0 Å². The number of unbranched alkanes of at least 4 members (excludes halogenated alkanes) is 9. The summed E-state index contributed by atoms with van der Waals surface area (Å²) in [5.74, 6) is -2.42. The Bertz CT molecular complexity index is 1090. The van der Waals surface area contributed by atoms with Gasteiger partial charge >= 0.3 is 19.8 Å². The standard InChI is InChI=1S/C38H64NO10P/c1-3-5-7-9-10-11-12-13-14-15-16-17-18-19-20-21-22-23-24-26-28-30-37(42)47-31-34(40)32-48-50(45,46)49-33-35(38(43)44)39-36(41)29-27-25-8-6-4-2/h5,7,10-11,13-14,16-17,19-20,34-35,40H,3-4,6,8-9,12,15,18,21-33H2,1-2H3,(H,39,41)(H,43,44)(H,45,46)/b7-5-,11-10-,14-13-,17-16-,20-19-. The molecule has 0 aliphatic carbocycles. The first-order chi connectivity index (χ1) is 24.1. The first kappa shape index (κ1) is 47.2. The Hall–Kier alpha value is -2.82. The zero-order chi connectivity index (χ0) is 37.1. The number of hydrogen-bond acceptors (Lipinski definition) is 8. The molecular weight excluding hydrogens is 661 g/mol. The van der Waals surface area contributed by atoms with E-state index in [0.717, 1.165) is 89.9 Å². The van der Waals surface area contributed by atoms with E-state index in [9.17, 15) is 34.1 Å². The number of phosphoric acid groups is 1. The number of carboxylic acid groups (broad SMARTS) is 1. The first-order valence-electron chi connectivity index (χ1n) is 18.3. The molecule has 0 aromatic heterocycles. The molecule has 0 spiro atoms. The van der Waals surface area contributed by atoms with Crippen LogP contribution in [0.5, 0.6) is 0 Å². The summed E-state index contributed by atoms with van der Waals surface area (Å²) in [6.07, 6.45) is 36.0. The third kappa shape index (κ3) is 32.4. The van der Waals surface area contributed by atoms with Gasteiger partial charge in [0.05, 0.1) is 13.2 Å². The lowest BCUT2D eigenvalue weighted by molar-refractivity contribution is -0.147. The molecule has 3 unspecified atom stereocenters. The van der Waals surface area contributed by atoms with Gasteiger partial charge in [-0.3, -0.25) is 18.6 Å². The Kier molecular flexibility index (Phi) is 31.5. The molecule has 4 N–H and O–H groups in total. The first-order valence-corrected chi connectivity index (χ1v) is 19.8. The number of esters is 1. The lowest BCUT2D eigenvalue weighted by Gasteiger charge is -2.18. The second-order valence-electron chi connectivity index (χ2n) is 12.0. The van der Waals surface area contributed by atoms with Gasteiger partial charge in [-0.05, 0) is 57.8 Å². The molecule has 0 rings (SSSR count). The van der Waals surface area contributed by atoms with Crippen LogP contribution in [0.4, 0.5) is 0 Å². The zero-order valence-corrected chi connectivity index (χ0v) is 31.3. The Balaban J connectivity index is 3.91. The molecule has 0 aromatic carbocycles. The van der Waals surface area contributed by atoms with Crippen LogP contribution < -0.4 is 5.32 Å². The highest BCUT2D eigenvalue weighted by Gasteiger charge is 2.28. The summed E-state index contributed by atoms with van der Waals surface area (Å²) >= 11 is 0. The maximum atomic E-state index is 12.1. The van der Waals surface area contributed by atoms with Crippen LogP contribution in [-0.4, -0.2) is 64.9 Å². The van der Waals surface area contributed by atoms with E-state index in [2.05, 4.69) is 79.9 Å². The summed E-state index contributed by atoms with van der Waals surface area (Å²) < 4.78 is 26.5. The number of phosphoric ester groups is 1. The van der Waals surface area contributed by atoms with Crippen LogP contribution in [0, 0.1) is 0 Å². The number of rotatable bonds is 33. The number of hydrogen-bond donors (Lipinski definition) is 4. The molecule has 0 radical (unpaired) electrons. The topological polar surface area (TPSA) is 169 Å². The zero-order valence-electron chi connectivity index (χ0n) is 30.4. The Morgan fingerprint density at radius 3 is 1.74 bits per heavy atom. The summed E-state index contributed by atoms with van der Waals surface area (Å²) in [5, 5.41) is 21.5. The van der Waals surface area contributed by atoms with Gasteiger partial charge in [-0.2, -0.15) is 0 Å². The molecule has 0 aliphatic heterocycles. The van der Waals surface area contributed by atoms with Crippen molar-refractivity contribution in [1.29, 1.82) is 0 Å². The predicted molar refractivity (Wildman–Crippen MR) is 198 cm³/mol. The van der Waals surface area contributed by atoms with Crippen molar-refractivity contribution in [2.24, 2.45) is 0 Å². The van der Waals surface area contributed by atoms with Crippen LogP contribution in [0.3, 0.4) is 0 Å². The van der Waals surface area contributed by atoms with Crippen LogP contribution in [0.2, 0.25) is 0 Å². The van der Waals surface area contributed by atoms with Crippen LogP contribution in [-0.2, 0) is 32.7 Å². The summed E-state index contributed by atoms with van der Waals surface area (Å²) in [4.78, 5) is 45.3. The molecule has 50 heavy (non-hydrogen) atoms. The van der Waals surface area contributed by atoms with E-state index >= 15 is 0 Å². The number of carboxylic acids is 1. The van der Waals surface area contributed by atoms with Crippen LogP contribution in [0.25, 0.3) is 0 Å². The molecule has 0 saturated heterocycles. The summed E-state index contributed by atoms with van der Waals surface area (Å²) in [6, 6.07) is -1.54. The largest absolute Gasteiger partial charge is 0.480 e. The maximum absolute atomic E-state index is 12.1. The van der Waals surface area contributed by atoms with Gasteiger partial charge in [0, 0.05) is 12.8 Å². The van der Waals surface area contributed by atoms with E-state index < -0.39 is 57.6 Å². The molecular formula is C38H64NO10P. The molecule has 0 aliphatic rings. The molecule has 0 heterocycles. The maximum Gasteiger partial charge on any atom is 0.472 e. The molecule has 1 amide bonds. The van der Waals surface area contributed by atoms with E-state index in [4.69, 9.17) is 13.8 Å². The lowest BCUT2D eigenvalue weighted by Crippen LogP contribution is -2.43. The van der Waals surface area contributed by atoms with Crippen molar-refractivity contribution in [2.75, 3.05) is 19.8 Å². The van der Waals surface area contributed by atoms with Crippen molar-refractivity contribution in [3.63, 3.8) is 0 Å². The fourth-order valence-electron chi connectivity index (χ4n) is 4.46. The number of aliphatic carboxylic acids is 1. The van der Waals surface area contributed by atoms with Gasteiger partial charge in [0.15, 0.2) is 6.04 Å². The molecule has 0 aromatic rings. The van der Waals surface area contributed by atoms with E-state index in [1.54, 1.807) is 0 Å². The summed E-state index contributed by atoms with van der Waals surface area (Å²) in [6.45, 7) is 2.29. The fraction of sp³-hybridized carbons (Fsp3) is 0.658. The Morgan fingerprint density at radius 1 is 0.660 bits per heavy atom. The van der Waals surface area contributed by atoms with Gasteiger partial charge in [0.2, 0.25) is 5.91 Å². The second-order valence-corrected chi connectivity index (χ2v) is 13.5. The molecule has 3 atom stereocenters. The molecule has 0 fully saturated rings. The number of aliphatic hydroxyl groups excluding tert-OH is 1. The van der Waals surface area contributed by atoms with Crippen molar-refractivity contribution >= 4 is 25.7 Å². The fourth-order valence-corrected chi connectivity index (χ4v) is 5.23. The monoisotopic (exact) mass is 725 g/mol. The van der Waals surface area contributed by atoms with Crippen molar-refractivity contribution in [1.82, 2.24) is 5.32 Å². The van der Waals surface area contributed by atoms with Crippen molar-refractivity contribution < 1.29 is 47.8 Å². The van der Waals surface area contributed by atoms with E-state index in [-0.39, 0.29) is 12.8 Å². The van der Waals surface area contributed by atoms with Gasteiger partial charge in [0.25, 0.3) is 0 Å². The highest BCUT2D eigenvalue weighted by atomic mass is 31.2. The van der Waals surface area contributed by atoms with Gasteiger partial charge in [-0.25, -0.2) is 9.36 Å². The molecule has 0 saturated carbocycles. The van der Waals surface area contributed by atoms with Crippen molar-refractivity contribution in [2.45, 2.75) is 142 Å². The number of ether oxygens (including phenoxy) is 1. The average molecular weight is 726 g/mol. The van der Waals surface area contributed by atoms with Gasteiger partial charge in [0.1, 0.15) is 12.7 Å². The molecule has 11 nitrogen and oxygen atoms in total. The quantitative estimate of drug-likeness (QED) is 0.0223. The van der Waals surface area contributed by atoms with Gasteiger partial charge in [-0.15, -0.1) is 0 Å². The SMILES string of the molecule is CC/C=C\C/C=C\C/C=C\C/C=C\C/C=C\CCCCCCCC(=O)OCC(O)COP(=O)(O)OCC(NC(=O)CCCCCCC)C(=O)O. The van der Waals surface area contributed by atoms with Gasteiger partial charge < -0.3 is 25.2 Å². The lowest BCUT2D eigenvalue weighted by atomic mass is 10.1. The van der Waals surface area contributed by atoms with Crippen LogP contribution in [0.1, 0.15) is 129 Å². The van der Waals surface area contributed by atoms with E-state index in [1.165, 1.54) is 0 Å². The highest BCUT2D eigenvalue weighted by molar-refractivity contribution is 7.47. The number of carbonyl (C=O) groups excluding carboxylic acids is 2. The minimum Gasteiger partial charge on any atom is -0.480 e. The van der Waals surface area contributed by atoms with Crippen LogP contribution >= 0.6 is 7.82 Å². The average Bonchev–Trinajstić information content (AvgIpc) is 3.08. The normalized spacial score (nSPS) is 14.6. The minimum atomic E-state index is -4.74. The number of nitrogens with one attached hydrogen (secondary N) is 1. The van der Waals surface area contributed by atoms with E-state index in [1.807, 2.05) is 0 Å². The molecule has 0 bridgehead atoms. The highest BCUT2D eigenvalue weighted by Crippen LogP contribution is 2.43. The van der Waals surface area contributed by atoms with E-state index in [0.29, 0.717) is 12.8 Å². The van der Waals surface area contributed by atoms with Crippen molar-refractivity contribution in [3.05, 3.63) is 60.8 Å². The number of allylic oxidation sites excluding steroid dienone is 10. The second kappa shape index (κ2) is 33.3. The third-order valence-electron chi connectivity index (χ3n) is 7.32. The number of aliphatic hydroxyl groups is 1.